The minimum absolute atomic E-state index is 1.08. The summed E-state index contributed by atoms with van der Waals surface area (Å²) in [6.45, 7) is 3.36. The Morgan fingerprint density at radius 2 is 1.84 bits per heavy atom. The van der Waals surface area contributed by atoms with E-state index in [2.05, 4.69) is 53.0 Å². The van der Waals surface area contributed by atoms with Gasteiger partial charge in [-0.15, -0.1) is 0 Å². The Bertz CT molecular complexity index is 459. The van der Waals surface area contributed by atoms with E-state index in [0.717, 1.165) is 19.4 Å². The second-order valence-corrected chi connectivity index (χ2v) is 5.08. The van der Waals surface area contributed by atoms with Crippen molar-refractivity contribution in [2.24, 2.45) is 0 Å². The van der Waals surface area contributed by atoms with Crippen LogP contribution >= 0.6 is 0 Å². The monoisotopic (exact) mass is 256 g/mol. The Labute approximate surface area is 116 Å². The Morgan fingerprint density at radius 1 is 1.00 bits per heavy atom. The van der Waals surface area contributed by atoms with E-state index < -0.39 is 0 Å². The van der Waals surface area contributed by atoms with Crippen LogP contribution in [0.3, 0.4) is 0 Å². The first-order chi connectivity index (χ1) is 9.40. The van der Waals surface area contributed by atoms with E-state index >= 15 is 0 Å². The first-order valence-electron chi connectivity index (χ1n) is 7.44. The Kier molecular flexibility index (Phi) is 5.67. The van der Waals surface area contributed by atoms with E-state index in [4.69, 9.17) is 0 Å². The summed E-state index contributed by atoms with van der Waals surface area (Å²) in [5.74, 6) is 1.24. The average Bonchev–Trinajstić information content (AvgIpc) is 2.88. The average molecular weight is 256 g/mol. The SMILES string of the molecule is CCCCCn1ccnc1CCCc1ccccc1. The van der Waals surface area contributed by atoms with Crippen LogP contribution in [-0.2, 0) is 19.4 Å². The number of rotatable bonds is 8. The summed E-state index contributed by atoms with van der Waals surface area (Å²) in [4.78, 5) is 4.49. The van der Waals surface area contributed by atoms with Gasteiger partial charge in [0, 0.05) is 25.4 Å². The Morgan fingerprint density at radius 3 is 2.63 bits per heavy atom. The van der Waals surface area contributed by atoms with Gasteiger partial charge in [0.05, 0.1) is 0 Å². The van der Waals surface area contributed by atoms with Gasteiger partial charge < -0.3 is 4.57 Å². The third-order valence-corrected chi connectivity index (χ3v) is 3.51. The number of unbranched alkanes of at least 4 members (excludes halogenated alkanes) is 2. The van der Waals surface area contributed by atoms with E-state index in [-0.39, 0.29) is 0 Å². The molecule has 19 heavy (non-hydrogen) atoms. The molecule has 0 fully saturated rings. The van der Waals surface area contributed by atoms with Gasteiger partial charge in [-0.2, -0.15) is 0 Å². The topological polar surface area (TPSA) is 17.8 Å². The smallest absolute Gasteiger partial charge is 0.108 e. The fourth-order valence-corrected chi connectivity index (χ4v) is 2.40. The number of benzene rings is 1. The van der Waals surface area contributed by atoms with Crippen LogP contribution in [0.5, 0.6) is 0 Å². The summed E-state index contributed by atoms with van der Waals surface area (Å²) in [6, 6.07) is 10.7. The molecule has 0 atom stereocenters. The second kappa shape index (κ2) is 7.78. The Balaban J connectivity index is 1.78. The molecule has 0 saturated heterocycles. The zero-order valence-electron chi connectivity index (χ0n) is 11.9. The van der Waals surface area contributed by atoms with Gasteiger partial charge in [0.1, 0.15) is 5.82 Å². The third-order valence-electron chi connectivity index (χ3n) is 3.51. The Hall–Kier alpha value is -1.57. The van der Waals surface area contributed by atoms with E-state index in [1.165, 1.54) is 37.1 Å². The normalized spacial score (nSPS) is 10.8. The maximum atomic E-state index is 4.49. The molecule has 0 saturated carbocycles. The summed E-state index contributed by atoms with van der Waals surface area (Å²) in [7, 11) is 0. The molecule has 102 valence electrons. The molecule has 0 spiro atoms. The van der Waals surface area contributed by atoms with Crippen molar-refractivity contribution in [3.63, 3.8) is 0 Å². The van der Waals surface area contributed by atoms with Crippen molar-refractivity contribution in [3.05, 3.63) is 54.1 Å². The maximum Gasteiger partial charge on any atom is 0.108 e. The molecule has 1 aromatic heterocycles. The molecule has 0 unspecified atom stereocenters. The minimum atomic E-state index is 1.08. The number of aromatic nitrogens is 2. The summed E-state index contributed by atoms with van der Waals surface area (Å²) in [5, 5.41) is 0. The lowest BCUT2D eigenvalue weighted by Gasteiger charge is -2.07. The van der Waals surface area contributed by atoms with E-state index in [1.54, 1.807) is 0 Å². The van der Waals surface area contributed by atoms with Crippen molar-refractivity contribution in [1.29, 1.82) is 0 Å². The summed E-state index contributed by atoms with van der Waals surface area (Å²) >= 11 is 0. The lowest BCUT2D eigenvalue weighted by molar-refractivity contribution is 0.573. The lowest BCUT2D eigenvalue weighted by Crippen LogP contribution is -2.04. The number of aryl methyl sites for hydroxylation is 3. The van der Waals surface area contributed by atoms with Crippen molar-refractivity contribution >= 4 is 0 Å². The van der Waals surface area contributed by atoms with Gasteiger partial charge >= 0.3 is 0 Å². The first kappa shape index (κ1) is 13.9. The van der Waals surface area contributed by atoms with Gasteiger partial charge in [-0.1, -0.05) is 50.1 Å². The molecule has 0 amide bonds. The fraction of sp³-hybridized carbons (Fsp3) is 0.471. The largest absolute Gasteiger partial charge is 0.335 e. The van der Waals surface area contributed by atoms with E-state index in [1.807, 2.05) is 6.20 Å². The van der Waals surface area contributed by atoms with Crippen LogP contribution in [0.2, 0.25) is 0 Å². The number of hydrogen-bond donors (Lipinski definition) is 0. The molecule has 0 aliphatic carbocycles. The molecule has 1 aromatic carbocycles. The van der Waals surface area contributed by atoms with Gasteiger partial charge in [-0.05, 0) is 24.8 Å². The standard InChI is InChI=1S/C17H24N2/c1-2-3-7-14-19-15-13-18-17(19)12-8-11-16-9-5-4-6-10-16/h4-6,9-10,13,15H,2-3,7-8,11-12,14H2,1H3. The van der Waals surface area contributed by atoms with Crippen LogP contribution in [0.15, 0.2) is 42.7 Å². The van der Waals surface area contributed by atoms with E-state index in [0.29, 0.717) is 0 Å². The highest BCUT2D eigenvalue weighted by atomic mass is 15.1. The highest BCUT2D eigenvalue weighted by molar-refractivity contribution is 5.14. The summed E-state index contributed by atoms with van der Waals surface area (Å²) in [6.07, 6.45) is 11.3. The highest BCUT2D eigenvalue weighted by Gasteiger charge is 2.02. The number of imidazole rings is 1. The molecule has 0 bridgehead atoms. The molecule has 2 aromatic rings. The third kappa shape index (κ3) is 4.55. The van der Waals surface area contributed by atoms with Crippen molar-refractivity contribution in [2.45, 2.75) is 52.0 Å². The van der Waals surface area contributed by atoms with Crippen molar-refractivity contribution in [2.75, 3.05) is 0 Å². The molecule has 0 aliphatic heterocycles. The molecular formula is C17H24N2. The van der Waals surface area contributed by atoms with Gasteiger partial charge in [0.2, 0.25) is 0 Å². The first-order valence-corrected chi connectivity index (χ1v) is 7.44. The second-order valence-electron chi connectivity index (χ2n) is 5.08. The van der Waals surface area contributed by atoms with Crippen LogP contribution in [-0.4, -0.2) is 9.55 Å². The summed E-state index contributed by atoms with van der Waals surface area (Å²) in [5.41, 5.74) is 1.42. The molecule has 2 heteroatoms. The van der Waals surface area contributed by atoms with E-state index in [9.17, 15) is 0 Å². The lowest BCUT2D eigenvalue weighted by atomic mass is 10.1. The molecule has 0 radical (unpaired) electrons. The van der Waals surface area contributed by atoms with Crippen LogP contribution in [0, 0.1) is 0 Å². The highest BCUT2D eigenvalue weighted by Crippen LogP contribution is 2.08. The minimum Gasteiger partial charge on any atom is -0.335 e. The maximum absolute atomic E-state index is 4.49. The van der Waals surface area contributed by atoms with Gasteiger partial charge in [-0.25, -0.2) is 4.98 Å². The molecular weight excluding hydrogens is 232 g/mol. The molecule has 2 rings (SSSR count). The van der Waals surface area contributed by atoms with Crippen molar-refractivity contribution in [1.82, 2.24) is 9.55 Å². The van der Waals surface area contributed by atoms with Crippen LogP contribution in [0.1, 0.15) is 44.0 Å². The molecule has 1 heterocycles. The van der Waals surface area contributed by atoms with Gasteiger partial charge in [-0.3, -0.25) is 0 Å². The quantitative estimate of drug-likeness (QED) is 0.646. The zero-order valence-corrected chi connectivity index (χ0v) is 11.9. The fourth-order valence-electron chi connectivity index (χ4n) is 2.40. The van der Waals surface area contributed by atoms with Crippen LogP contribution < -0.4 is 0 Å². The predicted octanol–water partition coefficient (Wildman–Crippen LogP) is 4.25. The molecule has 0 aliphatic rings. The van der Waals surface area contributed by atoms with Gasteiger partial charge in [0.15, 0.2) is 0 Å². The predicted molar refractivity (Wildman–Crippen MR) is 80.2 cm³/mol. The number of nitrogens with zero attached hydrogens (tertiary/aromatic N) is 2. The molecule has 0 N–H and O–H groups in total. The molecule has 2 nitrogen and oxygen atoms in total. The van der Waals surface area contributed by atoms with Gasteiger partial charge in [0.25, 0.3) is 0 Å². The van der Waals surface area contributed by atoms with Crippen LogP contribution in [0.25, 0.3) is 0 Å². The number of hydrogen-bond acceptors (Lipinski definition) is 1. The van der Waals surface area contributed by atoms with Crippen molar-refractivity contribution in [3.8, 4) is 0 Å². The zero-order chi connectivity index (χ0) is 13.3. The van der Waals surface area contributed by atoms with Crippen molar-refractivity contribution < 1.29 is 0 Å². The van der Waals surface area contributed by atoms with Crippen LogP contribution in [0.4, 0.5) is 0 Å². The summed E-state index contributed by atoms with van der Waals surface area (Å²) < 4.78 is 2.32.